The number of nitrogens with two attached hydrogens (primary N) is 3. The molecule has 544 valence electrons. The van der Waals surface area contributed by atoms with Crippen LogP contribution in [-0.4, -0.2) is 219 Å². The van der Waals surface area contributed by atoms with Crippen molar-refractivity contribution in [1.82, 2.24) is 52.8 Å². The van der Waals surface area contributed by atoms with Gasteiger partial charge in [-0.05, 0) is 112 Å². The third-order valence-corrected chi connectivity index (χ3v) is 18.3. The first-order chi connectivity index (χ1) is 47.2. The fraction of sp³-hybridized carbons (Fsp3) is 0.571. The molecule has 11 amide bonds. The first-order valence-corrected chi connectivity index (χ1v) is 34.7. The van der Waals surface area contributed by atoms with E-state index in [1.165, 1.54) is 36.0 Å². The number of ether oxygens (including phenoxy) is 1. The minimum atomic E-state index is -1.92. The topological polar surface area (TPSA) is 536 Å². The molecule has 19 N–H and O–H groups in total. The van der Waals surface area contributed by atoms with Gasteiger partial charge in [0.1, 0.15) is 84.7 Å². The number of primary amides is 1. The molecule has 2 aromatic carbocycles. The van der Waals surface area contributed by atoms with Crippen molar-refractivity contribution < 1.29 is 92.3 Å². The Bertz CT molecular complexity index is 3230. The lowest BCUT2D eigenvalue weighted by Crippen LogP contribution is -2.61. The molecule has 0 aliphatic carbocycles. The van der Waals surface area contributed by atoms with E-state index in [-0.39, 0.29) is 86.5 Å². The fourth-order valence-corrected chi connectivity index (χ4v) is 12.5. The average Bonchev–Trinajstić information content (AvgIpc) is 1.77. The van der Waals surface area contributed by atoms with Crippen LogP contribution in [-0.2, 0) is 85.1 Å². The molecule has 4 bridgehead atoms. The van der Waals surface area contributed by atoms with Crippen LogP contribution in [0.3, 0.4) is 0 Å². The number of thioether (sulfide) groups is 2. The predicted octanol–water partition coefficient (Wildman–Crippen LogP) is -2.64. The lowest BCUT2D eigenvalue weighted by atomic mass is 9.96. The molecule has 3 aliphatic heterocycles. The maximum absolute atomic E-state index is 14.8. The summed E-state index contributed by atoms with van der Waals surface area (Å²) in [6, 6.07) is -4.64. The highest BCUT2D eigenvalue weighted by atomic mass is 32.2. The van der Waals surface area contributed by atoms with Gasteiger partial charge in [-0.2, -0.15) is 23.5 Å². The number of hydrogen-bond donors (Lipinski definition) is 16. The van der Waals surface area contributed by atoms with Crippen LogP contribution in [0, 0.1) is 5.92 Å². The van der Waals surface area contributed by atoms with Gasteiger partial charge < -0.3 is 100.0 Å². The number of fused-ring (bicyclic) bond motifs is 6. The average molecular weight is 1430 g/mol. The third-order valence-electron chi connectivity index (χ3n) is 16.1. The fourth-order valence-electron chi connectivity index (χ4n) is 10.5. The van der Waals surface area contributed by atoms with Gasteiger partial charge in [0.05, 0.1) is 19.6 Å². The summed E-state index contributed by atoms with van der Waals surface area (Å²) in [5.74, 6) is -14.4. The van der Waals surface area contributed by atoms with Gasteiger partial charge in [-0.1, -0.05) is 43.6 Å². The van der Waals surface area contributed by atoms with Crippen molar-refractivity contribution in [2.75, 3.05) is 44.4 Å². The number of oxime groups is 1. The number of aliphatic carboxylic acids is 2. The van der Waals surface area contributed by atoms with Crippen molar-refractivity contribution in [2.45, 2.75) is 176 Å². The van der Waals surface area contributed by atoms with Crippen LogP contribution in [0.15, 0.2) is 52.6 Å². The van der Waals surface area contributed by atoms with Crippen LogP contribution in [0.4, 0.5) is 0 Å². The molecule has 2 aromatic rings. The molecule has 34 nitrogen and oxygen atoms in total. The first-order valence-electron chi connectivity index (χ1n) is 32.4. The highest BCUT2D eigenvalue weighted by Gasteiger charge is 2.41. The summed E-state index contributed by atoms with van der Waals surface area (Å²) in [7, 11) is 0. The van der Waals surface area contributed by atoms with Crippen molar-refractivity contribution in [1.29, 1.82) is 0 Å². The summed E-state index contributed by atoms with van der Waals surface area (Å²) in [6.07, 6.45) is 0.986. The number of rotatable bonds is 15. The lowest BCUT2D eigenvalue weighted by molar-refractivity contribution is -0.144. The Morgan fingerprint density at radius 2 is 1.28 bits per heavy atom. The maximum atomic E-state index is 14.8. The molecule has 0 spiro atoms. The van der Waals surface area contributed by atoms with Gasteiger partial charge in [0.25, 0.3) is 5.91 Å². The third kappa shape index (κ3) is 27.4. The summed E-state index contributed by atoms with van der Waals surface area (Å²) in [6.45, 7) is 3.89. The highest BCUT2D eigenvalue weighted by molar-refractivity contribution is 7.98. The Balaban J connectivity index is 1.60. The number of nitrogens with zero attached hydrogens (tertiary/aromatic N) is 3. The number of carbonyl (C=O) groups is 13. The van der Waals surface area contributed by atoms with E-state index in [2.05, 4.69) is 58.0 Å². The lowest BCUT2D eigenvalue weighted by Gasteiger charge is -2.30. The molecule has 3 heterocycles. The summed E-state index contributed by atoms with van der Waals surface area (Å²) in [5, 5.41) is 66.3. The van der Waals surface area contributed by atoms with E-state index >= 15 is 0 Å². The van der Waals surface area contributed by atoms with Gasteiger partial charge >= 0.3 is 11.9 Å². The number of phenols is 1. The number of amides is 11. The van der Waals surface area contributed by atoms with Gasteiger partial charge in [-0.25, -0.2) is 0 Å². The van der Waals surface area contributed by atoms with Crippen LogP contribution in [0.1, 0.15) is 115 Å². The zero-order valence-electron chi connectivity index (χ0n) is 55.3. The molecular formula is C63H91N15O19S2. The molecule has 11 unspecified atom stereocenters. The van der Waals surface area contributed by atoms with E-state index < -0.39 is 169 Å². The van der Waals surface area contributed by atoms with Crippen molar-refractivity contribution in [3.63, 3.8) is 0 Å². The molecule has 3 aliphatic rings. The van der Waals surface area contributed by atoms with Crippen LogP contribution in [0.5, 0.6) is 11.5 Å². The van der Waals surface area contributed by atoms with E-state index in [0.29, 0.717) is 48.3 Å². The Morgan fingerprint density at radius 3 is 1.92 bits per heavy atom. The molecule has 0 saturated carbocycles. The number of aliphatic imine (C=N–C) groups is 1. The zero-order chi connectivity index (χ0) is 72.7. The van der Waals surface area contributed by atoms with E-state index in [0.717, 1.165) is 42.6 Å². The Hall–Kier alpha value is -9.45. The summed E-state index contributed by atoms with van der Waals surface area (Å²) in [5.41, 5.74) is 18.8. The largest absolute Gasteiger partial charge is 0.508 e. The van der Waals surface area contributed by atoms with Crippen LogP contribution >= 0.6 is 23.5 Å². The highest BCUT2D eigenvalue weighted by Crippen LogP contribution is 2.27. The van der Waals surface area contributed by atoms with Crippen LogP contribution in [0.25, 0.3) is 0 Å². The smallest absolute Gasteiger partial charge is 0.305 e. The van der Waals surface area contributed by atoms with E-state index in [1.807, 2.05) is 6.07 Å². The molecule has 0 aromatic heterocycles. The number of benzene rings is 2. The zero-order valence-corrected chi connectivity index (χ0v) is 57.0. The van der Waals surface area contributed by atoms with E-state index in [4.69, 9.17) is 26.8 Å². The number of aliphatic hydroxyl groups excluding tert-OH is 1. The number of carbonyl (C=O) groups excluding carboxylic acids is 11. The predicted molar refractivity (Wildman–Crippen MR) is 362 cm³/mol. The summed E-state index contributed by atoms with van der Waals surface area (Å²) >= 11 is 2.38. The maximum Gasteiger partial charge on any atom is 0.305 e. The van der Waals surface area contributed by atoms with Gasteiger partial charge in [0.2, 0.25) is 59.1 Å². The Labute approximate surface area is 579 Å². The van der Waals surface area contributed by atoms with Gasteiger partial charge in [0.15, 0.2) is 5.96 Å². The number of guanidine groups is 1. The first kappa shape index (κ1) is 80.2. The SMILES string of the molecule is CCC(C)C1NC(=O)C(Cc2ccc(O)cc2)NC(=O)C(CCCN=C(N)N)NC(=O)C(CCC(=O)O)NC(=O)C(C)NC(=O)C(CC(=O)O)NC(=O)C2CCCN2C(=O)C2CSCc3cc(cc(c3)OCCCCCCON=CC(=O)NC(CO)C(=O)N2)CSCC(C(N)=O)NC1=O. The van der Waals surface area contributed by atoms with Crippen molar-refractivity contribution in [3.8, 4) is 11.5 Å². The normalized spacial score (nSPS) is 25.1. The summed E-state index contributed by atoms with van der Waals surface area (Å²) in [4.78, 5) is 190. The van der Waals surface area contributed by atoms with E-state index in [1.54, 1.807) is 26.0 Å². The number of aliphatic hydroxyl groups is 1. The minimum Gasteiger partial charge on any atom is -0.508 e. The molecule has 0 radical (unpaired) electrons. The summed E-state index contributed by atoms with van der Waals surface area (Å²) < 4.78 is 6.25. The standard InChI is InChI=1S/C63H91N15O19S2/c1-4-34(2)52-61(94)75-46(53(64)86)32-98-30-37-23-38-25-40(24-37)96-21-7-5-6-8-22-97-68-28-49(81)70-45(29-79)59(92)76-47(33-99-31-38)62(95)78-20-10-12-48(78)60(93)74-44(27-51(84)85)57(90)69-35(3)54(87)71-42(17-18-50(82)83)56(89)72-41(11-9-19-67-63(65)66)55(88)73-43(58(91)77-52)26-36-13-15-39(80)16-14-36/h13-16,23-25,28,34-35,41-48,52,79-80H,4-12,17-22,26-27,29-33H2,1-3H3,(H2,64,86)(H,69,90)(H,70,81)(H,71,87)(H,72,89)(H,73,88)(H,74,93)(H,75,94)(H,76,92)(H,77,91)(H,82,83)(H,84,85)(H4,65,66,67). The number of nitrogens with one attached hydrogen (secondary N) is 9. The van der Waals surface area contributed by atoms with Crippen LogP contribution < -0.4 is 69.8 Å². The van der Waals surface area contributed by atoms with E-state index in [9.17, 15) is 82.8 Å². The molecule has 11 atom stereocenters. The van der Waals surface area contributed by atoms with Crippen LogP contribution in [0.2, 0.25) is 0 Å². The molecule has 1 fully saturated rings. The molecule has 5 rings (SSSR count). The monoisotopic (exact) mass is 1430 g/mol. The molecular weight excluding hydrogens is 1330 g/mol. The molecule has 1 saturated heterocycles. The quantitative estimate of drug-likeness (QED) is 0.0492. The van der Waals surface area contributed by atoms with Gasteiger partial charge in [-0.15, -0.1) is 0 Å². The number of carboxylic acids is 2. The minimum absolute atomic E-state index is 0.000254. The Kier molecular flexibility index (Phi) is 33.3. The molecule has 36 heteroatoms. The van der Waals surface area contributed by atoms with Crippen molar-refractivity contribution in [2.24, 2.45) is 33.3 Å². The second-order valence-electron chi connectivity index (χ2n) is 24.0. The molecule has 99 heavy (non-hydrogen) atoms. The van der Waals surface area contributed by atoms with Crippen molar-refractivity contribution >= 4 is 113 Å². The second-order valence-corrected chi connectivity index (χ2v) is 26.1. The number of phenolic OH excluding ortho intramolecular Hbond substituents is 1. The number of aromatic hydroxyl groups is 1. The van der Waals surface area contributed by atoms with Crippen molar-refractivity contribution in [3.05, 3.63) is 59.2 Å². The number of carboxylic acid groups (broad SMARTS) is 2. The number of hydrogen-bond acceptors (Lipinski definition) is 21. The Morgan fingerprint density at radius 1 is 0.677 bits per heavy atom. The van der Waals surface area contributed by atoms with Gasteiger partial charge in [-0.3, -0.25) is 67.3 Å². The van der Waals surface area contributed by atoms with Gasteiger partial charge in [0, 0.05) is 48.9 Å². The second kappa shape index (κ2) is 41.1.